The summed E-state index contributed by atoms with van der Waals surface area (Å²) in [5.74, 6) is 2.88. The quantitative estimate of drug-likeness (QED) is 0.381. The largest absolute Gasteiger partial charge is 0.489 e. The van der Waals surface area contributed by atoms with E-state index in [-0.39, 0.29) is 5.92 Å². The van der Waals surface area contributed by atoms with E-state index in [4.69, 9.17) is 9.47 Å². The second-order valence-electron chi connectivity index (χ2n) is 7.39. The molecule has 0 fully saturated rings. The molecule has 0 aliphatic heterocycles. The Morgan fingerprint density at radius 1 is 0.833 bits per heavy atom. The van der Waals surface area contributed by atoms with Crippen LogP contribution in [0.15, 0.2) is 91.3 Å². The zero-order chi connectivity index (χ0) is 20.6. The van der Waals surface area contributed by atoms with Gasteiger partial charge in [-0.3, -0.25) is 0 Å². The minimum atomic E-state index is 0.255. The number of nitrogens with zero attached hydrogens (tertiary/aromatic N) is 1. The second-order valence-corrected chi connectivity index (χ2v) is 7.39. The Morgan fingerprint density at radius 3 is 2.13 bits per heavy atom. The molecule has 0 amide bonds. The zero-order valence-corrected chi connectivity index (χ0v) is 17.1. The van der Waals surface area contributed by atoms with Gasteiger partial charge in [-0.05, 0) is 28.7 Å². The summed E-state index contributed by atoms with van der Waals surface area (Å²) in [7, 11) is 0. The Morgan fingerprint density at radius 2 is 1.50 bits per heavy atom. The van der Waals surface area contributed by atoms with Crippen molar-refractivity contribution in [3.05, 3.63) is 114 Å². The summed E-state index contributed by atoms with van der Waals surface area (Å²) >= 11 is 0. The number of benzene rings is 3. The van der Waals surface area contributed by atoms with Gasteiger partial charge >= 0.3 is 0 Å². The van der Waals surface area contributed by atoms with E-state index in [2.05, 4.69) is 47.2 Å². The van der Waals surface area contributed by atoms with Crippen LogP contribution in [-0.4, -0.2) is 9.97 Å². The van der Waals surface area contributed by atoms with Gasteiger partial charge < -0.3 is 14.5 Å². The lowest BCUT2D eigenvalue weighted by atomic mass is 9.96. The Hall–Kier alpha value is -3.53. The summed E-state index contributed by atoms with van der Waals surface area (Å²) in [5, 5.41) is 0. The number of ether oxygens (including phenoxy) is 2. The number of nitrogens with one attached hydrogen (secondary N) is 1. The molecule has 4 aromatic rings. The van der Waals surface area contributed by atoms with Gasteiger partial charge in [-0.1, -0.05) is 73.7 Å². The van der Waals surface area contributed by atoms with E-state index in [1.807, 2.05) is 54.7 Å². The molecule has 4 heteroatoms. The van der Waals surface area contributed by atoms with E-state index < -0.39 is 0 Å². The fourth-order valence-corrected chi connectivity index (χ4v) is 3.42. The molecule has 0 radical (unpaired) electrons. The first-order valence-corrected chi connectivity index (χ1v) is 10.2. The van der Waals surface area contributed by atoms with E-state index in [0.29, 0.717) is 13.2 Å². The molecule has 0 spiro atoms. The summed E-state index contributed by atoms with van der Waals surface area (Å²) in [6.07, 6.45) is 4.46. The molecule has 0 bridgehead atoms. The van der Waals surface area contributed by atoms with Crippen molar-refractivity contribution in [2.45, 2.75) is 32.5 Å². The van der Waals surface area contributed by atoms with Gasteiger partial charge in [0.05, 0.1) is 0 Å². The molecule has 0 aliphatic carbocycles. The molecular weight excluding hydrogens is 372 g/mol. The molecule has 0 saturated carbocycles. The average molecular weight is 399 g/mol. The average Bonchev–Trinajstić information content (AvgIpc) is 3.31. The molecular formula is C26H26N2O2. The predicted octanol–water partition coefficient (Wildman–Crippen LogP) is 5.91. The van der Waals surface area contributed by atoms with Crippen LogP contribution >= 0.6 is 0 Å². The highest BCUT2D eigenvalue weighted by Gasteiger charge is 2.15. The zero-order valence-electron chi connectivity index (χ0n) is 17.1. The number of hydrogen-bond acceptors (Lipinski definition) is 3. The van der Waals surface area contributed by atoms with Gasteiger partial charge in [-0.15, -0.1) is 0 Å². The van der Waals surface area contributed by atoms with E-state index >= 15 is 0 Å². The van der Waals surface area contributed by atoms with Gasteiger partial charge in [-0.25, -0.2) is 4.98 Å². The normalized spacial score (nSPS) is 11.8. The smallest absolute Gasteiger partial charge is 0.126 e. The lowest BCUT2D eigenvalue weighted by Gasteiger charge is -2.18. The molecule has 0 saturated heterocycles. The molecule has 4 nitrogen and oxygen atoms in total. The summed E-state index contributed by atoms with van der Waals surface area (Å²) in [5.41, 5.74) is 3.42. The van der Waals surface area contributed by atoms with Crippen molar-refractivity contribution < 1.29 is 9.47 Å². The lowest BCUT2D eigenvalue weighted by molar-refractivity contribution is 0.286. The SMILES string of the molecule is CC(Cc1ncc[nH]1)c1ccc(OCc2ccccc2)cc1OCc1ccccc1. The van der Waals surface area contributed by atoms with Crippen LogP contribution in [0.4, 0.5) is 0 Å². The maximum Gasteiger partial charge on any atom is 0.126 e. The van der Waals surface area contributed by atoms with Crippen molar-refractivity contribution in [2.24, 2.45) is 0 Å². The van der Waals surface area contributed by atoms with Crippen molar-refractivity contribution in [1.82, 2.24) is 9.97 Å². The third kappa shape index (κ3) is 5.29. The Bertz CT molecular complexity index is 1030. The summed E-state index contributed by atoms with van der Waals surface area (Å²) in [6.45, 7) is 3.24. The summed E-state index contributed by atoms with van der Waals surface area (Å²) < 4.78 is 12.3. The second kappa shape index (κ2) is 9.79. The Labute approximate surface area is 177 Å². The monoisotopic (exact) mass is 398 g/mol. The number of aromatic nitrogens is 2. The topological polar surface area (TPSA) is 47.1 Å². The first kappa shape index (κ1) is 19.8. The van der Waals surface area contributed by atoms with E-state index in [9.17, 15) is 0 Å². The Balaban J connectivity index is 1.52. The third-order valence-electron chi connectivity index (χ3n) is 5.06. The van der Waals surface area contributed by atoms with Crippen LogP contribution in [0.1, 0.15) is 35.4 Å². The predicted molar refractivity (Wildman–Crippen MR) is 119 cm³/mol. The number of aromatic amines is 1. The van der Waals surface area contributed by atoms with Crippen LogP contribution in [0.3, 0.4) is 0 Å². The van der Waals surface area contributed by atoms with Gasteiger partial charge in [0, 0.05) is 24.9 Å². The number of H-pyrrole nitrogens is 1. The van der Waals surface area contributed by atoms with Crippen LogP contribution < -0.4 is 9.47 Å². The van der Waals surface area contributed by atoms with Gasteiger partial charge in [0.15, 0.2) is 0 Å². The molecule has 152 valence electrons. The van der Waals surface area contributed by atoms with Crippen molar-refractivity contribution >= 4 is 0 Å². The molecule has 0 aliphatic rings. The molecule has 3 aromatic carbocycles. The van der Waals surface area contributed by atoms with Crippen molar-refractivity contribution in [2.75, 3.05) is 0 Å². The van der Waals surface area contributed by atoms with Crippen LogP contribution in [0.2, 0.25) is 0 Å². The molecule has 1 aromatic heterocycles. The highest BCUT2D eigenvalue weighted by Crippen LogP contribution is 2.33. The van der Waals surface area contributed by atoms with Gasteiger partial charge in [0.1, 0.15) is 30.5 Å². The van der Waals surface area contributed by atoms with Crippen molar-refractivity contribution in [3.8, 4) is 11.5 Å². The molecule has 30 heavy (non-hydrogen) atoms. The van der Waals surface area contributed by atoms with Crippen LogP contribution in [0, 0.1) is 0 Å². The lowest BCUT2D eigenvalue weighted by Crippen LogP contribution is -2.05. The van der Waals surface area contributed by atoms with E-state index in [1.54, 1.807) is 6.20 Å². The highest BCUT2D eigenvalue weighted by molar-refractivity contribution is 5.43. The molecule has 1 heterocycles. The fourth-order valence-electron chi connectivity index (χ4n) is 3.42. The van der Waals surface area contributed by atoms with Gasteiger partial charge in [-0.2, -0.15) is 0 Å². The van der Waals surface area contributed by atoms with Crippen molar-refractivity contribution in [3.63, 3.8) is 0 Å². The van der Waals surface area contributed by atoms with Crippen LogP contribution in [-0.2, 0) is 19.6 Å². The third-order valence-corrected chi connectivity index (χ3v) is 5.06. The van der Waals surface area contributed by atoms with Gasteiger partial charge in [0.25, 0.3) is 0 Å². The summed E-state index contributed by atoms with van der Waals surface area (Å²) in [4.78, 5) is 7.55. The summed E-state index contributed by atoms with van der Waals surface area (Å²) in [6, 6.07) is 26.5. The van der Waals surface area contributed by atoms with Gasteiger partial charge in [0.2, 0.25) is 0 Å². The van der Waals surface area contributed by atoms with Crippen LogP contribution in [0.25, 0.3) is 0 Å². The minimum absolute atomic E-state index is 0.255. The standard InChI is InChI=1S/C26H26N2O2/c1-20(16-26-27-14-15-28-26)24-13-12-23(29-18-21-8-4-2-5-9-21)17-25(24)30-19-22-10-6-3-7-11-22/h2-15,17,20H,16,18-19H2,1H3,(H,27,28). The highest BCUT2D eigenvalue weighted by atomic mass is 16.5. The van der Waals surface area contributed by atoms with E-state index in [1.165, 1.54) is 0 Å². The van der Waals surface area contributed by atoms with Crippen molar-refractivity contribution in [1.29, 1.82) is 0 Å². The molecule has 1 atom stereocenters. The number of imidazole rings is 1. The van der Waals surface area contributed by atoms with Crippen LogP contribution in [0.5, 0.6) is 11.5 Å². The molecule has 1 unspecified atom stereocenters. The Kier molecular flexibility index (Phi) is 6.45. The first-order valence-electron chi connectivity index (χ1n) is 10.2. The fraction of sp³-hybridized carbons (Fsp3) is 0.192. The minimum Gasteiger partial charge on any atom is -0.489 e. The molecule has 1 N–H and O–H groups in total. The first-order chi connectivity index (χ1) is 14.8. The number of rotatable bonds is 9. The maximum absolute atomic E-state index is 6.25. The number of hydrogen-bond donors (Lipinski definition) is 1. The van der Waals surface area contributed by atoms with E-state index in [0.717, 1.165) is 40.4 Å². The molecule has 4 rings (SSSR count). The maximum atomic E-state index is 6.25.